The summed E-state index contributed by atoms with van der Waals surface area (Å²) >= 11 is 0. The molecule has 0 atom stereocenters. The second kappa shape index (κ2) is 7.40. The van der Waals surface area contributed by atoms with E-state index in [4.69, 9.17) is 10.5 Å². The van der Waals surface area contributed by atoms with Crippen LogP contribution in [-0.4, -0.2) is 63.0 Å². The zero-order valence-electron chi connectivity index (χ0n) is 11.3. The van der Waals surface area contributed by atoms with Gasteiger partial charge < -0.3 is 10.5 Å². The van der Waals surface area contributed by atoms with E-state index in [1.807, 2.05) is 6.92 Å². The van der Waals surface area contributed by atoms with Crippen LogP contribution in [0.2, 0.25) is 0 Å². The number of piperidine rings is 1. The van der Waals surface area contributed by atoms with Crippen LogP contribution in [-0.2, 0) is 14.9 Å². The maximum Gasteiger partial charge on any atom is 0.281 e. The number of hydrogen-bond acceptors (Lipinski definition) is 4. The van der Waals surface area contributed by atoms with E-state index in [0.29, 0.717) is 39.2 Å². The van der Waals surface area contributed by atoms with Crippen molar-refractivity contribution in [3.05, 3.63) is 0 Å². The molecule has 0 aromatic heterocycles. The SMILES string of the molecule is CCOC1CCN(S(=O)(=O)N(C)CCCN)CC1. The molecule has 1 saturated heterocycles. The molecule has 6 nitrogen and oxygen atoms in total. The molecule has 0 radical (unpaired) electrons. The van der Waals surface area contributed by atoms with E-state index < -0.39 is 10.2 Å². The summed E-state index contributed by atoms with van der Waals surface area (Å²) in [5.41, 5.74) is 5.40. The van der Waals surface area contributed by atoms with Crippen LogP contribution in [0.15, 0.2) is 0 Å². The van der Waals surface area contributed by atoms with Crippen LogP contribution in [0, 0.1) is 0 Å². The van der Waals surface area contributed by atoms with Gasteiger partial charge in [0, 0.05) is 33.3 Å². The number of nitrogens with two attached hydrogens (primary N) is 1. The first-order valence-electron chi connectivity index (χ1n) is 6.55. The average molecular weight is 279 g/mol. The molecule has 0 aromatic carbocycles. The molecule has 1 rings (SSSR count). The van der Waals surface area contributed by atoms with Gasteiger partial charge in [-0.05, 0) is 32.7 Å². The van der Waals surface area contributed by atoms with Crippen molar-refractivity contribution in [1.29, 1.82) is 0 Å². The third-order valence-corrected chi connectivity index (χ3v) is 5.19. The maximum atomic E-state index is 12.2. The lowest BCUT2D eigenvalue weighted by atomic mass is 10.1. The van der Waals surface area contributed by atoms with Gasteiger partial charge in [0.25, 0.3) is 10.2 Å². The quantitative estimate of drug-likeness (QED) is 0.712. The number of hydrogen-bond donors (Lipinski definition) is 1. The summed E-state index contributed by atoms with van der Waals surface area (Å²) < 4.78 is 32.9. The fraction of sp³-hybridized carbons (Fsp3) is 1.00. The van der Waals surface area contributed by atoms with Crippen LogP contribution < -0.4 is 5.73 Å². The third kappa shape index (κ3) is 4.17. The second-order valence-corrected chi connectivity index (χ2v) is 6.56. The van der Waals surface area contributed by atoms with E-state index in [0.717, 1.165) is 12.8 Å². The smallest absolute Gasteiger partial charge is 0.281 e. The molecule has 7 heteroatoms. The molecule has 1 aliphatic rings. The van der Waals surface area contributed by atoms with Crippen molar-refractivity contribution in [2.24, 2.45) is 5.73 Å². The number of rotatable bonds is 7. The largest absolute Gasteiger partial charge is 0.378 e. The highest BCUT2D eigenvalue weighted by Crippen LogP contribution is 2.18. The van der Waals surface area contributed by atoms with Gasteiger partial charge in [0.05, 0.1) is 6.10 Å². The zero-order valence-corrected chi connectivity index (χ0v) is 12.2. The molecule has 0 spiro atoms. The Morgan fingerprint density at radius 1 is 1.39 bits per heavy atom. The fourth-order valence-electron chi connectivity index (χ4n) is 2.09. The van der Waals surface area contributed by atoms with E-state index in [1.165, 1.54) is 4.31 Å². The normalized spacial score (nSPS) is 19.6. The van der Waals surface area contributed by atoms with Crippen LogP contribution in [0.25, 0.3) is 0 Å². The van der Waals surface area contributed by atoms with Gasteiger partial charge in [-0.2, -0.15) is 17.0 Å². The Bertz CT molecular complexity index is 326. The molecule has 1 heterocycles. The lowest BCUT2D eigenvalue weighted by Gasteiger charge is -2.33. The van der Waals surface area contributed by atoms with Gasteiger partial charge in [0.2, 0.25) is 0 Å². The number of nitrogens with zero attached hydrogens (tertiary/aromatic N) is 2. The van der Waals surface area contributed by atoms with Crippen LogP contribution in [0.4, 0.5) is 0 Å². The van der Waals surface area contributed by atoms with Gasteiger partial charge in [-0.15, -0.1) is 0 Å². The van der Waals surface area contributed by atoms with E-state index in [-0.39, 0.29) is 6.10 Å². The Balaban J connectivity index is 2.49. The monoisotopic (exact) mass is 279 g/mol. The Kier molecular flexibility index (Phi) is 6.51. The summed E-state index contributed by atoms with van der Waals surface area (Å²) in [5.74, 6) is 0. The van der Waals surface area contributed by atoms with Gasteiger partial charge in [-0.3, -0.25) is 0 Å². The molecular weight excluding hydrogens is 254 g/mol. The molecule has 1 fully saturated rings. The van der Waals surface area contributed by atoms with Crippen LogP contribution in [0.3, 0.4) is 0 Å². The second-order valence-electron chi connectivity index (χ2n) is 4.53. The van der Waals surface area contributed by atoms with E-state index in [2.05, 4.69) is 0 Å². The molecular formula is C11H25N3O3S. The van der Waals surface area contributed by atoms with Crippen molar-refractivity contribution >= 4 is 10.2 Å². The van der Waals surface area contributed by atoms with E-state index >= 15 is 0 Å². The lowest BCUT2D eigenvalue weighted by molar-refractivity contribution is 0.0282. The van der Waals surface area contributed by atoms with Crippen molar-refractivity contribution in [3.63, 3.8) is 0 Å². The molecule has 18 heavy (non-hydrogen) atoms. The number of ether oxygens (including phenoxy) is 1. The van der Waals surface area contributed by atoms with Crippen molar-refractivity contribution in [3.8, 4) is 0 Å². The van der Waals surface area contributed by atoms with Gasteiger partial charge >= 0.3 is 0 Å². The summed E-state index contributed by atoms with van der Waals surface area (Å²) in [6.07, 6.45) is 2.44. The summed E-state index contributed by atoms with van der Waals surface area (Å²) in [4.78, 5) is 0. The van der Waals surface area contributed by atoms with Gasteiger partial charge in [0.1, 0.15) is 0 Å². The van der Waals surface area contributed by atoms with Crippen molar-refractivity contribution < 1.29 is 13.2 Å². The highest BCUT2D eigenvalue weighted by atomic mass is 32.2. The van der Waals surface area contributed by atoms with Gasteiger partial charge in [-0.25, -0.2) is 0 Å². The highest BCUT2D eigenvalue weighted by molar-refractivity contribution is 7.86. The summed E-state index contributed by atoms with van der Waals surface area (Å²) in [5, 5.41) is 0. The maximum absolute atomic E-state index is 12.2. The Hall–Kier alpha value is -0.210. The Morgan fingerprint density at radius 3 is 2.50 bits per heavy atom. The van der Waals surface area contributed by atoms with E-state index in [1.54, 1.807) is 11.4 Å². The first-order chi connectivity index (χ1) is 8.52. The summed E-state index contributed by atoms with van der Waals surface area (Å²) in [6, 6.07) is 0. The first-order valence-corrected chi connectivity index (χ1v) is 7.95. The molecule has 0 amide bonds. The molecule has 0 saturated carbocycles. The molecule has 108 valence electrons. The van der Waals surface area contributed by atoms with E-state index in [9.17, 15) is 8.42 Å². The minimum Gasteiger partial charge on any atom is -0.378 e. The zero-order chi connectivity index (χ0) is 13.6. The molecule has 0 aliphatic carbocycles. The molecule has 0 aromatic rings. The van der Waals surface area contributed by atoms with Crippen LogP contribution >= 0.6 is 0 Å². The highest BCUT2D eigenvalue weighted by Gasteiger charge is 2.30. The standard InChI is InChI=1S/C11H25N3O3S/c1-3-17-11-5-9-14(10-6-11)18(15,16)13(2)8-4-7-12/h11H,3-10,12H2,1-2H3. The van der Waals surface area contributed by atoms with Crippen molar-refractivity contribution in [2.45, 2.75) is 32.3 Å². The predicted molar refractivity (Wildman–Crippen MR) is 71.4 cm³/mol. The topological polar surface area (TPSA) is 75.9 Å². The molecule has 0 unspecified atom stereocenters. The van der Waals surface area contributed by atoms with Crippen molar-refractivity contribution in [1.82, 2.24) is 8.61 Å². The molecule has 1 aliphatic heterocycles. The predicted octanol–water partition coefficient (Wildman–Crippen LogP) is 0.0127. The lowest BCUT2D eigenvalue weighted by Crippen LogP contribution is -2.47. The minimum absolute atomic E-state index is 0.204. The third-order valence-electron chi connectivity index (χ3n) is 3.20. The molecule has 2 N–H and O–H groups in total. The Morgan fingerprint density at radius 2 is 2.00 bits per heavy atom. The fourth-order valence-corrected chi connectivity index (χ4v) is 3.52. The van der Waals surface area contributed by atoms with Crippen LogP contribution in [0.5, 0.6) is 0 Å². The van der Waals surface area contributed by atoms with Crippen LogP contribution in [0.1, 0.15) is 26.2 Å². The average Bonchev–Trinajstić information content (AvgIpc) is 2.37. The molecule has 0 bridgehead atoms. The summed E-state index contributed by atoms with van der Waals surface area (Å²) in [6.45, 7) is 4.72. The minimum atomic E-state index is -3.32. The van der Waals surface area contributed by atoms with Gasteiger partial charge in [-0.1, -0.05) is 0 Å². The first kappa shape index (κ1) is 15.8. The summed E-state index contributed by atoms with van der Waals surface area (Å²) in [7, 11) is -1.71. The van der Waals surface area contributed by atoms with Gasteiger partial charge in [0.15, 0.2) is 0 Å². The van der Waals surface area contributed by atoms with Crippen molar-refractivity contribution in [2.75, 3.05) is 39.8 Å². The Labute approximate surface area is 110 Å².